The van der Waals surface area contributed by atoms with Crippen LogP contribution in [-0.4, -0.2) is 25.5 Å². The summed E-state index contributed by atoms with van der Waals surface area (Å²) in [7, 11) is 1.58. The minimum absolute atomic E-state index is 0.130. The van der Waals surface area contributed by atoms with Gasteiger partial charge in [0.15, 0.2) is 0 Å². The van der Waals surface area contributed by atoms with Gasteiger partial charge >= 0.3 is 0 Å². The molecule has 2 amide bonds. The highest BCUT2D eigenvalue weighted by Crippen LogP contribution is 2.35. The standard InChI is InChI=1S/C18H16Cl2N2O3/c1-25-13-7-5-12(6-8-13)21-18(24)11-9-16(23)22(10-11)15-4-2-3-14(19)17(15)20/h2-8,11H,9-10H2,1H3,(H,21,24). The van der Waals surface area contributed by atoms with Crippen LogP contribution >= 0.6 is 23.2 Å². The lowest BCUT2D eigenvalue weighted by molar-refractivity contribution is -0.122. The summed E-state index contributed by atoms with van der Waals surface area (Å²) in [5, 5.41) is 3.51. The number of amides is 2. The topological polar surface area (TPSA) is 58.6 Å². The van der Waals surface area contributed by atoms with Crippen molar-refractivity contribution in [1.82, 2.24) is 0 Å². The number of ether oxygens (including phenoxy) is 1. The lowest BCUT2D eigenvalue weighted by atomic mass is 10.1. The van der Waals surface area contributed by atoms with Crippen molar-refractivity contribution in [2.45, 2.75) is 6.42 Å². The summed E-state index contributed by atoms with van der Waals surface area (Å²) in [5.74, 6) is -0.112. The predicted octanol–water partition coefficient (Wildman–Crippen LogP) is 3.99. The number of nitrogens with zero attached hydrogens (tertiary/aromatic N) is 1. The molecule has 1 heterocycles. The molecule has 0 saturated carbocycles. The van der Waals surface area contributed by atoms with E-state index in [4.69, 9.17) is 27.9 Å². The van der Waals surface area contributed by atoms with Crippen molar-refractivity contribution in [3.8, 4) is 5.75 Å². The molecule has 25 heavy (non-hydrogen) atoms. The Bertz CT molecular complexity index is 808. The van der Waals surface area contributed by atoms with Gasteiger partial charge in [-0.25, -0.2) is 0 Å². The van der Waals surface area contributed by atoms with Crippen molar-refractivity contribution >= 4 is 46.4 Å². The second-order valence-electron chi connectivity index (χ2n) is 5.70. The van der Waals surface area contributed by atoms with Crippen LogP contribution in [0.5, 0.6) is 5.75 Å². The summed E-state index contributed by atoms with van der Waals surface area (Å²) in [6, 6.07) is 12.1. The second kappa shape index (κ2) is 7.33. The van der Waals surface area contributed by atoms with E-state index in [-0.39, 0.29) is 24.8 Å². The van der Waals surface area contributed by atoms with Crippen molar-refractivity contribution < 1.29 is 14.3 Å². The molecule has 1 saturated heterocycles. The molecule has 0 spiro atoms. The van der Waals surface area contributed by atoms with E-state index in [1.54, 1.807) is 49.6 Å². The van der Waals surface area contributed by atoms with Crippen LogP contribution in [0.25, 0.3) is 0 Å². The van der Waals surface area contributed by atoms with Gasteiger partial charge in [-0.3, -0.25) is 9.59 Å². The molecule has 1 atom stereocenters. The number of halogens is 2. The Morgan fingerprint density at radius 3 is 2.60 bits per heavy atom. The zero-order valence-electron chi connectivity index (χ0n) is 13.5. The van der Waals surface area contributed by atoms with Gasteiger partial charge in [-0.2, -0.15) is 0 Å². The lowest BCUT2D eigenvalue weighted by Gasteiger charge is -2.18. The van der Waals surface area contributed by atoms with E-state index in [0.29, 0.717) is 27.2 Å². The Morgan fingerprint density at radius 1 is 1.20 bits per heavy atom. The summed E-state index contributed by atoms with van der Waals surface area (Å²) in [6.07, 6.45) is 0.130. The minimum Gasteiger partial charge on any atom is -0.497 e. The van der Waals surface area contributed by atoms with Gasteiger partial charge in [-0.15, -0.1) is 0 Å². The number of rotatable bonds is 4. The Kier molecular flexibility index (Phi) is 5.16. The number of nitrogens with one attached hydrogen (secondary N) is 1. The molecule has 1 N–H and O–H groups in total. The fraction of sp³-hybridized carbons (Fsp3) is 0.222. The van der Waals surface area contributed by atoms with E-state index in [9.17, 15) is 9.59 Å². The van der Waals surface area contributed by atoms with Crippen LogP contribution in [0.3, 0.4) is 0 Å². The van der Waals surface area contributed by atoms with Gasteiger partial charge in [-0.05, 0) is 36.4 Å². The molecule has 1 unspecified atom stereocenters. The van der Waals surface area contributed by atoms with Crippen LogP contribution < -0.4 is 15.0 Å². The maximum atomic E-state index is 12.5. The van der Waals surface area contributed by atoms with E-state index in [2.05, 4.69) is 5.32 Å². The smallest absolute Gasteiger partial charge is 0.229 e. The van der Waals surface area contributed by atoms with Crippen molar-refractivity contribution in [1.29, 1.82) is 0 Å². The first-order chi connectivity index (χ1) is 12.0. The van der Waals surface area contributed by atoms with E-state index in [1.807, 2.05) is 0 Å². The summed E-state index contributed by atoms with van der Waals surface area (Å²) in [5.41, 5.74) is 1.18. The summed E-state index contributed by atoms with van der Waals surface area (Å²) < 4.78 is 5.08. The summed E-state index contributed by atoms with van der Waals surface area (Å²) in [6.45, 7) is 0.265. The third kappa shape index (κ3) is 3.72. The van der Waals surface area contributed by atoms with E-state index >= 15 is 0 Å². The number of carbonyl (C=O) groups excluding carboxylic acids is 2. The van der Waals surface area contributed by atoms with Gasteiger partial charge < -0.3 is 15.0 Å². The molecule has 1 aliphatic rings. The van der Waals surface area contributed by atoms with Crippen molar-refractivity contribution in [3.63, 3.8) is 0 Å². The number of methoxy groups -OCH3 is 1. The molecule has 0 aromatic heterocycles. The molecular formula is C18H16Cl2N2O3. The Balaban J connectivity index is 1.71. The first-order valence-electron chi connectivity index (χ1n) is 7.69. The fourth-order valence-corrected chi connectivity index (χ4v) is 3.13. The van der Waals surface area contributed by atoms with Crippen molar-refractivity contribution in [2.24, 2.45) is 5.92 Å². The molecule has 130 valence electrons. The molecule has 2 aromatic carbocycles. The molecule has 1 fully saturated rings. The fourth-order valence-electron chi connectivity index (χ4n) is 2.74. The predicted molar refractivity (Wildman–Crippen MR) is 98.5 cm³/mol. The van der Waals surface area contributed by atoms with Gasteiger partial charge in [0.1, 0.15) is 5.75 Å². The number of benzene rings is 2. The van der Waals surface area contributed by atoms with E-state index in [0.717, 1.165) is 0 Å². The third-order valence-electron chi connectivity index (χ3n) is 4.08. The molecule has 0 bridgehead atoms. The summed E-state index contributed by atoms with van der Waals surface area (Å²) >= 11 is 12.2. The number of anilines is 2. The zero-order valence-corrected chi connectivity index (χ0v) is 15.0. The number of hydrogen-bond acceptors (Lipinski definition) is 3. The lowest BCUT2D eigenvalue weighted by Crippen LogP contribution is -2.28. The Hall–Kier alpha value is -2.24. The van der Waals surface area contributed by atoms with Gasteiger partial charge in [-0.1, -0.05) is 29.3 Å². The quantitative estimate of drug-likeness (QED) is 0.874. The molecule has 1 aliphatic heterocycles. The van der Waals surface area contributed by atoms with Gasteiger partial charge in [0.05, 0.1) is 28.8 Å². The van der Waals surface area contributed by atoms with Crippen LogP contribution in [0, 0.1) is 5.92 Å². The molecule has 2 aromatic rings. The maximum absolute atomic E-state index is 12.5. The minimum atomic E-state index is -0.454. The number of hydrogen-bond donors (Lipinski definition) is 1. The van der Waals surface area contributed by atoms with Crippen LogP contribution in [0.4, 0.5) is 11.4 Å². The van der Waals surface area contributed by atoms with Gasteiger partial charge in [0.2, 0.25) is 11.8 Å². The molecular weight excluding hydrogens is 363 g/mol. The van der Waals surface area contributed by atoms with Crippen LogP contribution in [0.1, 0.15) is 6.42 Å². The molecule has 5 nitrogen and oxygen atoms in total. The molecule has 7 heteroatoms. The highest BCUT2D eigenvalue weighted by Gasteiger charge is 2.36. The first kappa shape index (κ1) is 17.6. The Morgan fingerprint density at radius 2 is 1.92 bits per heavy atom. The van der Waals surface area contributed by atoms with Crippen molar-refractivity contribution in [2.75, 3.05) is 23.9 Å². The summed E-state index contributed by atoms with van der Waals surface area (Å²) in [4.78, 5) is 26.3. The van der Waals surface area contributed by atoms with Gasteiger partial charge in [0.25, 0.3) is 0 Å². The zero-order chi connectivity index (χ0) is 18.0. The third-order valence-corrected chi connectivity index (χ3v) is 4.88. The highest BCUT2D eigenvalue weighted by atomic mass is 35.5. The van der Waals surface area contributed by atoms with Crippen LogP contribution in [-0.2, 0) is 9.59 Å². The van der Waals surface area contributed by atoms with Crippen molar-refractivity contribution in [3.05, 3.63) is 52.5 Å². The average Bonchev–Trinajstić information content (AvgIpc) is 3.00. The largest absolute Gasteiger partial charge is 0.497 e. The normalized spacial score (nSPS) is 16.8. The number of carbonyl (C=O) groups is 2. The molecule has 0 radical (unpaired) electrons. The highest BCUT2D eigenvalue weighted by molar-refractivity contribution is 6.44. The van der Waals surface area contributed by atoms with Gasteiger partial charge in [0, 0.05) is 18.7 Å². The van der Waals surface area contributed by atoms with Crippen LogP contribution in [0.2, 0.25) is 10.0 Å². The molecule has 0 aliphatic carbocycles. The maximum Gasteiger partial charge on any atom is 0.229 e. The van der Waals surface area contributed by atoms with E-state index in [1.165, 1.54) is 4.90 Å². The average molecular weight is 379 g/mol. The van der Waals surface area contributed by atoms with E-state index < -0.39 is 5.92 Å². The van der Waals surface area contributed by atoms with Crippen LogP contribution in [0.15, 0.2) is 42.5 Å². The monoisotopic (exact) mass is 378 g/mol. The molecule has 3 rings (SSSR count). The Labute approximate surface area is 155 Å². The first-order valence-corrected chi connectivity index (χ1v) is 8.44. The SMILES string of the molecule is COc1ccc(NC(=O)C2CC(=O)N(c3cccc(Cl)c3Cl)C2)cc1. The second-order valence-corrected chi connectivity index (χ2v) is 6.48.